The number of nitrogens with zero attached hydrogens (tertiary/aromatic N) is 6. The van der Waals surface area contributed by atoms with Crippen LogP contribution in [0.1, 0.15) is 6.04 Å². The smallest absolute Gasteiger partial charge is 0.317 e. The Morgan fingerprint density at radius 1 is 1.32 bits per heavy atom. The second kappa shape index (κ2) is 7.49. The zero-order valence-corrected chi connectivity index (χ0v) is 15.1. The Hall–Kier alpha value is -3.11. The highest BCUT2D eigenvalue weighted by atomic mass is 35.5. The molecule has 9 nitrogen and oxygen atoms in total. The summed E-state index contributed by atoms with van der Waals surface area (Å²) < 4.78 is 19.2. The summed E-state index contributed by atoms with van der Waals surface area (Å²) in [6, 6.07) is 7.86. The average molecular weight is 405 g/mol. The first-order valence-electron chi connectivity index (χ1n) is 8.31. The van der Waals surface area contributed by atoms with Gasteiger partial charge in [0, 0.05) is 24.8 Å². The molecule has 0 amide bonds. The number of carboxylic acid groups (broad SMARTS) is 1. The molecule has 144 valence electrons. The van der Waals surface area contributed by atoms with Crippen molar-refractivity contribution in [1.82, 2.24) is 30.1 Å². The topological polar surface area (TPSA) is 106 Å². The first-order valence-corrected chi connectivity index (χ1v) is 8.69. The van der Waals surface area contributed by atoms with Crippen LogP contribution < -0.4 is 4.74 Å². The highest BCUT2D eigenvalue weighted by molar-refractivity contribution is 6.30. The van der Waals surface area contributed by atoms with Crippen molar-refractivity contribution in [3.05, 3.63) is 47.4 Å². The molecule has 3 aromatic rings. The van der Waals surface area contributed by atoms with Crippen LogP contribution >= 0.6 is 11.6 Å². The molecule has 1 saturated heterocycles. The van der Waals surface area contributed by atoms with E-state index < -0.39 is 11.8 Å². The molecule has 1 aliphatic heterocycles. The molecule has 2 aromatic heterocycles. The molecule has 0 unspecified atom stereocenters. The van der Waals surface area contributed by atoms with Gasteiger partial charge in [-0.1, -0.05) is 11.6 Å². The third-order valence-electron chi connectivity index (χ3n) is 4.15. The minimum atomic E-state index is -0.860. The van der Waals surface area contributed by atoms with Crippen LogP contribution in [0.5, 0.6) is 11.6 Å². The fourth-order valence-electron chi connectivity index (χ4n) is 2.77. The first-order chi connectivity index (χ1) is 13.5. The summed E-state index contributed by atoms with van der Waals surface area (Å²) in [7, 11) is 0. The predicted octanol–water partition coefficient (Wildman–Crippen LogP) is 2.26. The third-order valence-corrected chi connectivity index (χ3v) is 4.36. The molecule has 1 N–H and O–H groups in total. The van der Waals surface area contributed by atoms with Gasteiger partial charge in [0.05, 0.1) is 17.6 Å². The van der Waals surface area contributed by atoms with E-state index in [0.717, 1.165) is 6.07 Å². The van der Waals surface area contributed by atoms with Gasteiger partial charge in [0.2, 0.25) is 5.82 Å². The van der Waals surface area contributed by atoms with E-state index in [-0.39, 0.29) is 23.5 Å². The number of likely N-dealkylation sites (tertiary alicyclic amines) is 1. The van der Waals surface area contributed by atoms with E-state index in [1.165, 1.54) is 11.0 Å². The number of carbonyl (C=O) groups is 1. The number of hydrogen-bond acceptors (Lipinski definition) is 7. The monoisotopic (exact) mass is 404 g/mol. The molecular weight excluding hydrogens is 391 g/mol. The van der Waals surface area contributed by atoms with Gasteiger partial charge in [-0.3, -0.25) is 9.69 Å². The quantitative estimate of drug-likeness (QED) is 0.666. The molecule has 0 saturated carbocycles. The summed E-state index contributed by atoms with van der Waals surface area (Å²) >= 11 is 5.67. The fraction of sp³-hybridized carbons (Fsp3) is 0.235. The summed E-state index contributed by atoms with van der Waals surface area (Å²) in [5, 5.41) is 21.4. The summed E-state index contributed by atoms with van der Waals surface area (Å²) in [5.41, 5.74) is 0.713. The Morgan fingerprint density at radius 3 is 2.75 bits per heavy atom. The highest BCUT2D eigenvalue weighted by Gasteiger charge is 2.31. The number of tetrazole rings is 1. The second-order valence-electron chi connectivity index (χ2n) is 6.24. The molecule has 4 rings (SSSR count). The lowest BCUT2D eigenvalue weighted by Gasteiger charge is -2.36. The number of rotatable bonds is 6. The van der Waals surface area contributed by atoms with Crippen LogP contribution in [0, 0.1) is 5.82 Å². The van der Waals surface area contributed by atoms with Crippen molar-refractivity contribution in [3.63, 3.8) is 0 Å². The predicted molar refractivity (Wildman–Crippen MR) is 95.6 cm³/mol. The zero-order chi connectivity index (χ0) is 19.7. The van der Waals surface area contributed by atoms with Crippen LogP contribution in [0.4, 0.5) is 4.39 Å². The third kappa shape index (κ3) is 3.92. The molecule has 0 spiro atoms. The van der Waals surface area contributed by atoms with Gasteiger partial charge >= 0.3 is 5.97 Å². The second-order valence-corrected chi connectivity index (χ2v) is 6.68. The minimum Gasteiger partial charge on any atom is -0.480 e. The number of aromatic nitrogens is 5. The molecule has 1 fully saturated rings. The normalized spacial score (nSPS) is 14.6. The highest BCUT2D eigenvalue weighted by Crippen LogP contribution is 2.26. The molecule has 0 atom stereocenters. The summed E-state index contributed by atoms with van der Waals surface area (Å²) in [5.74, 6) is -0.857. The maximum absolute atomic E-state index is 13.8. The molecule has 28 heavy (non-hydrogen) atoms. The van der Waals surface area contributed by atoms with Gasteiger partial charge in [-0.25, -0.2) is 9.37 Å². The van der Waals surface area contributed by atoms with Crippen molar-refractivity contribution in [2.45, 2.75) is 6.04 Å². The van der Waals surface area contributed by atoms with Gasteiger partial charge in [0.25, 0.3) is 5.88 Å². The van der Waals surface area contributed by atoms with Gasteiger partial charge in [-0.15, -0.1) is 10.2 Å². The van der Waals surface area contributed by atoms with Crippen molar-refractivity contribution >= 4 is 17.6 Å². The molecule has 1 aliphatic rings. The van der Waals surface area contributed by atoms with Gasteiger partial charge in [-0.2, -0.15) is 4.80 Å². The van der Waals surface area contributed by atoms with Crippen LogP contribution in [0.25, 0.3) is 11.4 Å². The molecule has 0 aliphatic carbocycles. The zero-order valence-electron chi connectivity index (χ0n) is 14.4. The number of halogens is 2. The van der Waals surface area contributed by atoms with Crippen molar-refractivity contribution in [1.29, 1.82) is 0 Å². The number of ether oxygens (including phenoxy) is 1. The summed E-state index contributed by atoms with van der Waals surface area (Å²) in [6.45, 7) is 1.13. The van der Waals surface area contributed by atoms with Crippen molar-refractivity contribution < 1.29 is 19.0 Å². The van der Waals surface area contributed by atoms with E-state index in [9.17, 15) is 9.18 Å². The largest absolute Gasteiger partial charge is 0.480 e. The average Bonchev–Trinajstić information content (AvgIpc) is 3.10. The van der Waals surface area contributed by atoms with Gasteiger partial charge in [0.1, 0.15) is 5.75 Å². The number of carboxylic acids is 1. The summed E-state index contributed by atoms with van der Waals surface area (Å²) in [4.78, 5) is 17.8. The Balaban J connectivity index is 1.41. The number of hydrogen-bond donors (Lipinski definition) is 1. The van der Waals surface area contributed by atoms with Gasteiger partial charge < -0.3 is 9.84 Å². The lowest BCUT2D eigenvalue weighted by Crippen LogP contribution is -2.50. The maximum atomic E-state index is 13.8. The fourth-order valence-corrected chi connectivity index (χ4v) is 2.91. The molecule has 0 bridgehead atoms. The van der Waals surface area contributed by atoms with E-state index in [0.29, 0.717) is 30.2 Å². The standard InChI is InChI=1S/C17H14ClFN6O3/c18-11-5-14(19)17(20-6-11)28-13-3-1-10(2-4-13)16-21-23-25(22-16)12-7-24(8-12)9-15(26)27/h1-6,12H,7-9H2,(H,26,27). The Labute approximate surface area is 163 Å². The molecule has 0 radical (unpaired) electrons. The number of benzene rings is 1. The number of pyridine rings is 1. The summed E-state index contributed by atoms with van der Waals surface area (Å²) in [6.07, 6.45) is 1.30. The number of aliphatic carboxylic acids is 1. The Morgan fingerprint density at radius 2 is 2.07 bits per heavy atom. The lowest BCUT2D eigenvalue weighted by molar-refractivity contribution is -0.140. The van der Waals surface area contributed by atoms with E-state index in [1.54, 1.807) is 29.2 Å². The van der Waals surface area contributed by atoms with Crippen molar-refractivity contribution in [2.75, 3.05) is 19.6 Å². The van der Waals surface area contributed by atoms with Crippen LogP contribution in [-0.2, 0) is 4.79 Å². The molecule has 3 heterocycles. The van der Waals surface area contributed by atoms with Crippen molar-refractivity contribution in [3.8, 4) is 23.0 Å². The van der Waals surface area contributed by atoms with E-state index in [2.05, 4.69) is 20.4 Å². The van der Waals surface area contributed by atoms with Crippen LogP contribution in [-0.4, -0.2) is 60.8 Å². The van der Waals surface area contributed by atoms with E-state index in [4.69, 9.17) is 21.4 Å². The minimum absolute atomic E-state index is 0.00200. The van der Waals surface area contributed by atoms with Gasteiger partial charge in [-0.05, 0) is 35.5 Å². The van der Waals surface area contributed by atoms with Crippen LogP contribution in [0.15, 0.2) is 36.5 Å². The van der Waals surface area contributed by atoms with Crippen LogP contribution in [0.3, 0.4) is 0 Å². The molecular formula is C17H14ClFN6O3. The molecule has 1 aromatic carbocycles. The SMILES string of the molecule is O=C(O)CN1CC(n2nnc(-c3ccc(Oc4ncc(Cl)cc4F)cc3)n2)C1. The van der Waals surface area contributed by atoms with Crippen molar-refractivity contribution in [2.24, 2.45) is 0 Å². The first kappa shape index (κ1) is 18.3. The lowest BCUT2D eigenvalue weighted by atomic mass is 10.1. The maximum Gasteiger partial charge on any atom is 0.317 e. The molecule has 11 heteroatoms. The van der Waals surface area contributed by atoms with Crippen LogP contribution in [0.2, 0.25) is 5.02 Å². The van der Waals surface area contributed by atoms with E-state index in [1.807, 2.05) is 0 Å². The van der Waals surface area contributed by atoms with Gasteiger partial charge in [0.15, 0.2) is 5.82 Å². The van der Waals surface area contributed by atoms with E-state index >= 15 is 0 Å². The Kier molecular flexibility index (Phi) is 4.88. The Bertz CT molecular complexity index is 1010.